The van der Waals surface area contributed by atoms with Crippen LogP contribution in [0.15, 0.2) is 36.4 Å². The fraction of sp³-hybridized carbons (Fsp3) is 0.469. The number of carbonyl (C=O) groups is 3. The molecule has 1 unspecified atom stereocenters. The standard InChI is InChI=1S/C32H36F3N5O3/c1-31(2)14-26-28(22-10-4-18(33)12-25(22)40(26)27(41)15-31)17-3-9-21(29(36)42)23(11-17)38-19-5-7-20(8-6-19)39-30(43)24-13-32(34,35)16-37-24/h3-4,9-12,19-20,24,37-38H,5-8,13-16H2,1-2H3,(H2,36,42)(H,39,43). The minimum atomic E-state index is -2.87. The zero-order valence-corrected chi connectivity index (χ0v) is 24.2. The number of rotatable bonds is 6. The van der Waals surface area contributed by atoms with Gasteiger partial charge in [0, 0.05) is 47.3 Å². The highest BCUT2D eigenvalue weighted by molar-refractivity contribution is 6.06. The normalized spacial score (nSPS) is 24.5. The molecule has 1 atom stereocenters. The number of amides is 2. The fourth-order valence-corrected chi connectivity index (χ4v) is 6.93. The second-order valence-corrected chi connectivity index (χ2v) is 13.0. The molecular weight excluding hydrogens is 559 g/mol. The maximum absolute atomic E-state index is 14.3. The monoisotopic (exact) mass is 595 g/mol. The van der Waals surface area contributed by atoms with Crippen molar-refractivity contribution in [3.63, 3.8) is 0 Å². The number of halogens is 3. The lowest BCUT2D eigenvalue weighted by Gasteiger charge is -2.31. The fourth-order valence-electron chi connectivity index (χ4n) is 6.93. The third kappa shape index (κ3) is 5.74. The van der Waals surface area contributed by atoms with Crippen LogP contribution in [0.4, 0.5) is 18.9 Å². The summed E-state index contributed by atoms with van der Waals surface area (Å²) in [6.07, 6.45) is 3.15. The Bertz CT molecular complexity index is 1620. The molecule has 0 spiro atoms. The molecule has 3 heterocycles. The van der Waals surface area contributed by atoms with Crippen molar-refractivity contribution >= 4 is 34.3 Å². The van der Waals surface area contributed by atoms with Crippen molar-refractivity contribution in [1.82, 2.24) is 15.2 Å². The lowest BCUT2D eigenvalue weighted by atomic mass is 9.80. The Morgan fingerprint density at radius 2 is 1.74 bits per heavy atom. The Morgan fingerprint density at radius 1 is 1.02 bits per heavy atom. The summed E-state index contributed by atoms with van der Waals surface area (Å²) in [5.74, 6) is -4.36. The average molecular weight is 596 g/mol. The Kier molecular flexibility index (Phi) is 7.27. The van der Waals surface area contributed by atoms with Crippen molar-refractivity contribution in [3.05, 3.63) is 53.5 Å². The molecule has 1 aliphatic carbocycles. The van der Waals surface area contributed by atoms with Crippen LogP contribution in [0.2, 0.25) is 0 Å². The summed E-state index contributed by atoms with van der Waals surface area (Å²) in [7, 11) is 0. The number of benzene rings is 2. The first kappa shape index (κ1) is 29.2. The quantitative estimate of drug-likeness (QED) is 0.320. The molecule has 3 aliphatic rings. The molecule has 3 aromatic rings. The maximum atomic E-state index is 14.3. The van der Waals surface area contributed by atoms with E-state index in [1.807, 2.05) is 26.0 Å². The van der Waals surface area contributed by atoms with Crippen LogP contribution in [0.1, 0.15) is 73.2 Å². The van der Waals surface area contributed by atoms with E-state index in [0.717, 1.165) is 22.2 Å². The lowest BCUT2D eigenvalue weighted by molar-refractivity contribution is -0.124. The van der Waals surface area contributed by atoms with Crippen molar-refractivity contribution in [3.8, 4) is 11.1 Å². The van der Waals surface area contributed by atoms with Gasteiger partial charge < -0.3 is 16.4 Å². The molecule has 5 N–H and O–H groups in total. The zero-order chi connectivity index (χ0) is 30.7. The molecule has 6 rings (SSSR count). The topological polar surface area (TPSA) is 118 Å². The number of aromatic nitrogens is 1. The van der Waals surface area contributed by atoms with Gasteiger partial charge in [0.05, 0.1) is 23.7 Å². The van der Waals surface area contributed by atoms with Crippen LogP contribution in [-0.4, -0.2) is 52.9 Å². The van der Waals surface area contributed by atoms with Gasteiger partial charge in [-0.25, -0.2) is 13.2 Å². The second-order valence-electron chi connectivity index (χ2n) is 13.0. The van der Waals surface area contributed by atoms with E-state index in [2.05, 4.69) is 16.0 Å². The first-order chi connectivity index (χ1) is 20.3. The second kappa shape index (κ2) is 10.7. The molecule has 2 aromatic carbocycles. The van der Waals surface area contributed by atoms with Crippen LogP contribution >= 0.6 is 0 Å². The van der Waals surface area contributed by atoms with E-state index in [1.165, 1.54) is 12.1 Å². The number of nitrogens with one attached hydrogen (secondary N) is 3. The maximum Gasteiger partial charge on any atom is 0.262 e. The van der Waals surface area contributed by atoms with Crippen molar-refractivity contribution in [2.24, 2.45) is 11.1 Å². The number of hydrogen-bond donors (Lipinski definition) is 4. The Balaban J connectivity index is 1.25. The Morgan fingerprint density at radius 3 is 2.42 bits per heavy atom. The molecule has 2 fully saturated rings. The molecular formula is C32H36F3N5O3. The lowest BCUT2D eigenvalue weighted by Crippen LogP contribution is -2.47. The van der Waals surface area contributed by atoms with Gasteiger partial charge in [0.15, 0.2) is 0 Å². The molecule has 0 bridgehead atoms. The number of alkyl halides is 2. The van der Waals surface area contributed by atoms with Crippen molar-refractivity contribution in [2.45, 2.75) is 82.8 Å². The van der Waals surface area contributed by atoms with E-state index >= 15 is 0 Å². The largest absolute Gasteiger partial charge is 0.382 e. The number of fused-ring (bicyclic) bond motifs is 3. The van der Waals surface area contributed by atoms with Crippen LogP contribution in [0.5, 0.6) is 0 Å². The smallest absolute Gasteiger partial charge is 0.262 e. The highest BCUT2D eigenvalue weighted by atomic mass is 19.3. The van der Waals surface area contributed by atoms with Crippen molar-refractivity contribution < 1.29 is 27.6 Å². The zero-order valence-electron chi connectivity index (χ0n) is 24.2. The van der Waals surface area contributed by atoms with E-state index in [4.69, 9.17) is 5.73 Å². The Hall–Kier alpha value is -3.86. The van der Waals surface area contributed by atoms with Gasteiger partial charge >= 0.3 is 0 Å². The molecule has 1 saturated heterocycles. The summed E-state index contributed by atoms with van der Waals surface area (Å²) in [4.78, 5) is 38.1. The molecule has 43 heavy (non-hydrogen) atoms. The number of primary amides is 1. The summed E-state index contributed by atoms with van der Waals surface area (Å²) in [6, 6.07) is 8.80. The predicted octanol–water partition coefficient (Wildman–Crippen LogP) is 5.00. The Labute approximate surface area is 247 Å². The van der Waals surface area contributed by atoms with Gasteiger partial charge in [-0.3, -0.25) is 24.3 Å². The molecule has 2 aliphatic heterocycles. The third-order valence-electron chi connectivity index (χ3n) is 8.99. The van der Waals surface area contributed by atoms with Crippen LogP contribution in [-0.2, 0) is 11.2 Å². The molecule has 0 radical (unpaired) electrons. The summed E-state index contributed by atoms with van der Waals surface area (Å²) >= 11 is 0. The highest BCUT2D eigenvalue weighted by Crippen LogP contribution is 2.44. The summed E-state index contributed by atoms with van der Waals surface area (Å²) in [5.41, 5.74) is 9.30. The minimum Gasteiger partial charge on any atom is -0.382 e. The van der Waals surface area contributed by atoms with E-state index in [1.54, 1.807) is 16.7 Å². The minimum absolute atomic E-state index is 0.00950. The molecule has 11 heteroatoms. The molecule has 1 aromatic heterocycles. The first-order valence-corrected chi connectivity index (χ1v) is 14.8. The van der Waals surface area contributed by atoms with Crippen LogP contribution in [0.25, 0.3) is 22.0 Å². The van der Waals surface area contributed by atoms with Gasteiger partial charge in [-0.2, -0.15) is 0 Å². The number of hydrogen-bond acceptors (Lipinski definition) is 5. The van der Waals surface area contributed by atoms with Gasteiger partial charge in [-0.1, -0.05) is 19.9 Å². The SMILES string of the molecule is CC1(C)CC(=O)n2c(c(-c3ccc(C(N)=O)c(NC4CCC(NC(=O)C5CC(F)(F)CN5)CC4)c3)c3ccc(F)cc32)C1. The van der Waals surface area contributed by atoms with E-state index in [0.29, 0.717) is 55.3 Å². The van der Waals surface area contributed by atoms with Crippen molar-refractivity contribution in [2.75, 3.05) is 11.9 Å². The molecule has 8 nitrogen and oxygen atoms in total. The van der Waals surface area contributed by atoms with Gasteiger partial charge in [0.25, 0.3) is 11.8 Å². The van der Waals surface area contributed by atoms with E-state index in [9.17, 15) is 27.6 Å². The molecule has 1 saturated carbocycles. The molecule has 2 amide bonds. The summed E-state index contributed by atoms with van der Waals surface area (Å²) in [6.45, 7) is 3.59. The van der Waals surface area contributed by atoms with Crippen LogP contribution < -0.4 is 21.7 Å². The van der Waals surface area contributed by atoms with E-state index < -0.39 is 42.6 Å². The van der Waals surface area contributed by atoms with Gasteiger partial charge in [-0.15, -0.1) is 0 Å². The first-order valence-electron chi connectivity index (χ1n) is 14.8. The molecule has 228 valence electrons. The number of nitrogens with two attached hydrogens (primary N) is 1. The average Bonchev–Trinajstić information content (AvgIpc) is 3.45. The third-order valence-corrected chi connectivity index (χ3v) is 8.99. The highest BCUT2D eigenvalue weighted by Gasteiger charge is 2.43. The van der Waals surface area contributed by atoms with Gasteiger partial charge in [0.2, 0.25) is 11.8 Å². The summed E-state index contributed by atoms with van der Waals surface area (Å²) in [5, 5.41) is 9.73. The number of anilines is 1. The van der Waals surface area contributed by atoms with E-state index in [-0.39, 0.29) is 23.4 Å². The predicted molar refractivity (Wildman–Crippen MR) is 158 cm³/mol. The van der Waals surface area contributed by atoms with Gasteiger partial charge in [-0.05, 0) is 73.4 Å². The van der Waals surface area contributed by atoms with Gasteiger partial charge in [0.1, 0.15) is 5.82 Å². The van der Waals surface area contributed by atoms with Crippen molar-refractivity contribution in [1.29, 1.82) is 0 Å². The number of carbonyl (C=O) groups excluding carboxylic acids is 3. The van der Waals surface area contributed by atoms with Crippen LogP contribution in [0.3, 0.4) is 0 Å². The van der Waals surface area contributed by atoms with Crippen LogP contribution in [0, 0.1) is 11.2 Å². The summed E-state index contributed by atoms with van der Waals surface area (Å²) < 4.78 is 43.0. The number of nitrogens with zero attached hydrogens (tertiary/aromatic N) is 1.